The molecular formula is C20H23FN4O5S. The highest BCUT2D eigenvalue weighted by atomic mass is 32.2. The molecule has 166 valence electrons. The predicted molar refractivity (Wildman–Crippen MR) is 109 cm³/mol. The van der Waals surface area contributed by atoms with Gasteiger partial charge >= 0.3 is 0 Å². The lowest BCUT2D eigenvalue weighted by Gasteiger charge is -2.36. The van der Waals surface area contributed by atoms with Crippen LogP contribution in [0.15, 0.2) is 29.1 Å². The van der Waals surface area contributed by atoms with Crippen LogP contribution in [0, 0.1) is 11.7 Å². The molecule has 1 aliphatic carbocycles. The van der Waals surface area contributed by atoms with E-state index in [1.165, 1.54) is 28.8 Å². The lowest BCUT2D eigenvalue weighted by molar-refractivity contribution is 0.0941. The fraction of sp³-hybridized carbons (Fsp3) is 0.450. The molecule has 0 spiro atoms. The van der Waals surface area contributed by atoms with Crippen molar-refractivity contribution in [2.24, 2.45) is 5.92 Å². The van der Waals surface area contributed by atoms with E-state index in [0.717, 1.165) is 6.26 Å². The summed E-state index contributed by atoms with van der Waals surface area (Å²) < 4.78 is 41.1. The van der Waals surface area contributed by atoms with Gasteiger partial charge in [-0.15, -0.1) is 0 Å². The molecule has 0 atom stereocenters. The third-order valence-corrected chi connectivity index (χ3v) is 6.70. The number of benzene rings is 1. The number of sulfonamides is 1. The summed E-state index contributed by atoms with van der Waals surface area (Å²) in [5, 5.41) is 13.0. The van der Waals surface area contributed by atoms with E-state index in [9.17, 15) is 27.5 Å². The van der Waals surface area contributed by atoms with Gasteiger partial charge < -0.3 is 10.4 Å². The van der Waals surface area contributed by atoms with Gasteiger partial charge in [-0.25, -0.2) is 22.5 Å². The maximum atomic E-state index is 13.1. The number of fused-ring (bicyclic) bond motifs is 2. The summed E-state index contributed by atoms with van der Waals surface area (Å²) in [7, 11) is -3.63. The van der Waals surface area contributed by atoms with Gasteiger partial charge in [-0.2, -0.15) is 0 Å². The second kappa shape index (κ2) is 7.72. The Balaban J connectivity index is 1.72. The predicted octanol–water partition coefficient (Wildman–Crippen LogP) is 0.966. The summed E-state index contributed by atoms with van der Waals surface area (Å²) in [4.78, 5) is 29.9. The van der Waals surface area contributed by atoms with E-state index in [4.69, 9.17) is 0 Å². The number of carbonyl (C=O) groups is 1. The van der Waals surface area contributed by atoms with E-state index < -0.39 is 44.3 Å². The van der Waals surface area contributed by atoms with Gasteiger partial charge in [0.25, 0.3) is 11.5 Å². The zero-order valence-corrected chi connectivity index (χ0v) is 17.7. The zero-order chi connectivity index (χ0) is 22.4. The van der Waals surface area contributed by atoms with Crippen LogP contribution >= 0.6 is 0 Å². The molecule has 0 saturated heterocycles. The summed E-state index contributed by atoms with van der Waals surface area (Å²) in [5.41, 5.74) is -1.72. The summed E-state index contributed by atoms with van der Waals surface area (Å²) in [5.74, 6) is -1.67. The Morgan fingerprint density at radius 1 is 1.29 bits per heavy atom. The molecule has 31 heavy (non-hydrogen) atoms. The van der Waals surface area contributed by atoms with E-state index in [1.807, 2.05) is 0 Å². The Kier molecular flexibility index (Phi) is 5.34. The molecule has 1 fully saturated rings. The highest BCUT2D eigenvalue weighted by Crippen LogP contribution is 2.43. The van der Waals surface area contributed by atoms with Gasteiger partial charge in [0.2, 0.25) is 15.8 Å². The molecule has 3 aliphatic rings. The van der Waals surface area contributed by atoms with Crippen molar-refractivity contribution in [3.05, 3.63) is 57.5 Å². The quantitative estimate of drug-likeness (QED) is 0.622. The number of nitrogens with zero attached hydrogens (tertiary/aromatic N) is 2. The fourth-order valence-electron chi connectivity index (χ4n) is 4.44. The molecule has 5 rings (SSSR count). The minimum Gasteiger partial charge on any atom is -0.501 e. The average Bonchev–Trinajstić information content (AvgIpc) is 2.94. The molecule has 3 N–H and O–H groups in total. The molecule has 2 aliphatic heterocycles. The Hall–Kier alpha value is -2.79. The number of aromatic hydroxyl groups is 1. The summed E-state index contributed by atoms with van der Waals surface area (Å²) in [6, 6.07) is 5.50. The number of carbonyl (C=O) groups excluding carboxylic acids is 1. The van der Waals surface area contributed by atoms with E-state index >= 15 is 0 Å². The van der Waals surface area contributed by atoms with E-state index in [1.54, 1.807) is 0 Å². The van der Waals surface area contributed by atoms with Crippen LogP contribution in [0.1, 0.15) is 47.6 Å². The number of hydrogen-bond acceptors (Lipinski definition) is 6. The first-order chi connectivity index (χ1) is 14.6. The van der Waals surface area contributed by atoms with Crippen molar-refractivity contribution < 1.29 is 22.7 Å². The molecule has 0 unspecified atom stereocenters. The molecule has 1 aromatic heterocycles. The largest absolute Gasteiger partial charge is 0.501 e. The van der Waals surface area contributed by atoms with E-state index in [0.29, 0.717) is 37.8 Å². The van der Waals surface area contributed by atoms with Crippen LogP contribution in [0.4, 0.5) is 4.39 Å². The normalized spacial score (nSPS) is 22.6. The Labute approximate surface area is 178 Å². The van der Waals surface area contributed by atoms with Crippen LogP contribution in [-0.4, -0.2) is 35.2 Å². The number of hydrogen-bond donors (Lipinski definition) is 3. The molecule has 11 heteroatoms. The van der Waals surface area contributed by atoms with Gasteiger partial charge in [-0.3, -0.25) is 14.2 Å². The minimum atomic E-state index is -3.63. The topological polar surface area (TPSA) is 130 Å². The number of aromatic nitrogens is 2. The second-order valence-electron chi connectivity index (χ2n) is 8.26. The lowest BCUT2D eigenvalue weighted by Crippen LogP contribution is -2.49. The summed E-state index contributed by atoms with van der Waals surface area (Å²) in [6.45, 7) is 0.340. The highest BCUT2D eigenvalue weighted by Gasteiger charge is 2.46. The number of halogens is 1. The van der Waals surface area contributed by atoms with Crippen LogP contribution in [-0.2, 0) is 28.7 Å². The lowest BCUT2D eigenvalue weighted by atomic mass is 9.78. The SMILES string of the molecule is CS(=O)(=O)NC12CCC(CC1)Cn1c2nc(C(=O)NCc2ccc(F)cc2)c(O)c1=O. The van der Waals surface area contributed by atoms with Gasteiger partial charge in [-0.05, 0) is 49.3 Å². The molecule has 9 nitrogen and oxygen atoms in total. The van der Waals surface area contributed by atoms with Crippen molar-refractivity contribution in [2.45, 2.75) is 44.3 Å². The van der Waals surface area contributed by atoms with Crippen LogP contribution in [0.3, 0.4) is 0 Å². The zero-order valence-electron chi connectivity index (χ0n) is 16.9. The fourth-order valence-corrected chi connectivity index (χ4v) is 5.45. The Morgan fingerprint density at radius 3 is 2.55 bits per heavy atom. The van der Waals surface area contributed by atoms with Crippen molar-refractivity contribution in [1.82, 2.24) is 19.6 Å². The third kappa shape index (κ3) is 4.19. The standard InChI is InChI=1S/C20H23FN4O5S/c1-31(29,30)24-20-8-6-13(7-9-20)11-25-18(28)16(26)15(23-19(20)25)17(27)22-10-12-2-4-14(21)5-3-12/h2-5,13,24,26H,6-11H2,1H3,(H,22,27). The van der Waals surface area contributed by atoms with Crippen LogP contribution in [0.5, 0.6) is 5.75 Å². The summed E-state index contributed by atoms with van der Waals surface area (Å²) in [6.07, 6.45) is 3.31. The average molecular weight is 450 g/mol. The van der Waals surface area contributed by atoms with Gasteiger partial charge in [0, 0.05) is 13.1 Å². The molecular weight excluding hydrogens is 427 g/mol. The van der Waals surface area contributed by atoms with Crippen molar-refractivity contribution in [2.75, 3.05) is 6.26 Å². The molecule has 1 aromatic carbocycles. The molecule has 0 radical (unpaired) electrons. The molecule has 3 heterocycles. The van der Waals surface area contributed by atoms with Crippen LogP contribution in [0.2, 0.25) is 0 Å². The number of nitrogens with one attached hydrogen (secondary N) is 2. The van der Waals surface area contributed by atoms with E-state index in [-0.39, 0.29) is 18.3 Å². The van der Waals surface area contributed by atoms with Crippen molar-refractivity contribution in [3.8, 4) is 5.75 Å². The first-order valence-electron chi connectivity index (χ1n) is 9.94. The van der Waals surface area contributed by atoms with Crippen molar-refractivity contribution >= 4 is 15.9 Å². The monoisotopic (exact) mass is 450 g/mol. The molecule has 2 bridgehead atoms. The van der Waals surface area contributed by atoms with Gasteiger partial charge in [0.05, 0.1) is 11.8 Å². The second-order valence-corrected chi connectivity index (χ2v) is 10.0. The van der Waals surface area contributed by atoms with Crippen LogP contribution in [0.25, 0.3) is 0 Å². The molecule has 1 saturated carbocycles. The van der Waals surface area contributed by atoms with Crippen molar-refractivity contribution in [3.63, 3.8) is 0 Å². The van der Waals surface area contributed by atoms with Gasteiger partial charge in [-0.1, -0.05) is 12.1 Å². The Morgan fingerprint density at radius 2 is 1.94 bits per heavy atom. The first kappa shape index (κ1) is 21.4. The van der Waals surface area contributed by atoms with Crippen LogP contribution < -0.4 is 15.6 Å². The maximum Gasteiger partial charge on any atom is 0.296 e. The Bertz CT molecular complexity index is 1190. The third-order valence-electron chi connectivity index (χ3n) is 5.94. The maximum absolute atomic E-state index is 13.1. The van der Waals surface area contributed by atoms with Crippen molar-refractivity contribution in [1.29, 1.82) is 0 Å². The highest BCUT2D eigenvalue weighted by molar-refractivity contribution is 7.88. The smallest absolute Gasteiger partial charge is 0.296 e. The van der Waals surface area contributed by atoms with Gasteiger partial charge in [0.1, 0.15) is 11.6 Å². The first-order valence-corrected chi connectivity index (χ1v) is 11.8. The minimum absolute atomic E-state index is 0.0352. The number of amides is 1. The summed E-state index contributed by atoms with van der Waals surface area (Å²) >= 11 is 0. The molecule has 2 aromatic rings. The number of rotatable bonds is 5. The molecule has 1 amide bonds. The van der Waals surface area contributed by atoms with Gasteiger partial charge in [0.15, 0.2) is 5.69 Å². The van der Waals surface area contributed by atoms with E-state index in [2.05, 4.69) is 15.0 Å².